The maximum atomic E-state index is 14.4. The maximum absolute atomic E-state index is 14.4. The van der Waals surface area contributed by atoms with Gasteiger partial charge in [0.05, 0.1) is 23.1 Å². The summed E-state index contributed by atoms with van der Waals surface area (Å²) in [6, 6.07) is 13.3. The zero-order valence-corrected chi connectivity index (χ0v) is 31.0. The third kappa shape index (κ3) is 6.53. The lowest BCUT2D eigenvalue weighted by atomic mass is 9.91. The molecule has 9 rings (SSSR count). The average molecular weight is 808 g/mol. The number of carbonyl (C=O) groups is 3. The molecule has 0 radical (unpaired) electrons. The van der Waals surface area contributed by atoms with Gasteiger partial charge in [-0.2, -0.15) is 4.98 Å². The fourth-order valence-corrected chi connectivity index (χ4v) is 7.73. The van der Waals surface area contributed by atoms with Crippen LogP contribution >= 0.6 is 23.2 Å². The number of pyridine rings is 1. The number of hydrogen-bond acceptors (Lipinski definition) is 9. The standard InChI is InChI=1S/C38H31Cl2F3N8O5/c1-35(17-20-2-7-26(8-3-20)55-38(41,42)43)33(54)50(25-15-23(39)14-24(40)16-25)34-45-19-27(51(34)35)30(52)47-37(12-13-37)32(53)48-36(10-11-36)28-9-6-22(18-44-28)29-46-31(56-49-29)21-4-5-21/h2-3,6-9,14-16,18-19,21H,4-5,10-13,17H2,1H3,(H,47,52)(H,48,53)/t35-/m1/s1. The van der Waals surface area contributed by atoms with Gasteiger partial charge >= 0.3 is 6.36 Å². The molecule has 56 heavy (non-hydrogen) atoms. The number of alkyl halides is 3. The maximum Gasteiger partial charge on any atom is 0.573 e. The molecule has 2 N–H and O–H groups in total. The molecule has 0 saturated heterocycles. The van der Waals surface area contributed by atoms with Crippen LogP contribution in [0.1, 0.15) is 79.0 Å². The van der Waals surface area contributed by atoms with Crippen molar-refractivity contribution >= 4 is 52.6 Å². The zero-order valence-electron chi connectivity index (χ0n) is 29.5. The molecule has 3 fully saturated rings. The van der Waals surface area contributed by atoms with Gasteiger partial charge in [0.25, 0.3) is 11.8 Å². The zero-order chi connectivity index (χ0) is 39.2. The summed E-state index contributed by atoms with van der Waals surface area (Å²) < 4.78 is 49.4. The van der Waals surface area contributed by atoms with Crippen molar-refractivity contribution in [3.05, 3.63) is 99.9 Å². The number of amides is 3. The molecule has 13 nitrogen and oxygen atoms in total. The van der Waals surface area contributed by atoms with Crippen LogP contribution in [0.5, 0.6) is 5.75 Å². The third-order valence-corrected chi connectivity index (χ3v) is 11.1. The van der Waals surface area contributed by atoms with E-state index in [1.807, 2.05) is 12.1 Å². The summed E-state index contributed by atoms with van der Waals surface area (Å²) in [4.78, 5) is 57.4. The van der Waals surface area contributed by atoms with Gasteiger partial charge in [-0.1, -0.05) is 40.5 Å². The van der Waals surface area contributed by atoms with Gasteiger partial charge in [-0.25, -0.2) is 9.88 Å². The lowest BCUT2D eigenvalue weighted by Crippen LogP contribution is -2.52. The average Bonchev–Trinajstić information content (AvgIpc) is 4.11. The van der Waals surface area contributed by atoms with Crippen molar-refractivity contribution < 1.29 is 36.8 Å². The molecule has 1 aliphatic heterocycles. The van der Waals surface area contributed by atoms with Crippen LogP contribution in [0.4, 0.5) is 24.8 Å². The quantitative estimate of drug-likeness (QED) is 0.142. The predicted octanol–water partition coefficient (Wildman–Crippen LogP) is 7.12. The summed E-state index contributed by atoms with van der Waals surface area (Å²) in [6.45, 7) is 1.60. The van der Waals surface area contributed by atoms with Crippen LogP contribution in [0.2, 0.25) is 10.0 Å². The summed E-state index contributed by atoms with van der Waals surface area (Å²) in [7, 11) is 0. The summed E-state index contributed by atoms with van der Waals surface area (Å²) in [5.41, 5.74) is -1.31. The smallest absolute Gasteiger partial charge is 0.406 e. The molecule has 0 bridgehead atoms. The molecule has 3 aromatic heterocycles. The van der Waals surface area contributed by atoms with Crippen LogP contribution in [0.3, 0.4) is 0 Å². The molecule has 0 spiro atoms. The Kier molecular flexibility index (Phi) is 8.25. The number of ether oxygens (including phenoxy) is 1. The van der Waals surface area contributed by atoms with E-state index in [9.17, 15) is 27.6 Å². The first-order chi connectivity index (χ1) is 26.7. The molecule has 5 aromatic rings. The Hall–Kier alpha value is -5.48. The molecule has 18 heteroatoms. The number of hydrogen-bond donors (Lipinski definition) is 2. The number of nitrogens with one attached hydrogen (secondary N) is 2. The SMILES string of the molecule is C[C@@]1(Cc2ccc(OC(F)(F)F)cc2)C(=O)N(c2cc(Cl)cc(Cl)c2)c2ncc(C(=O)NC3(C(=O)NC4(c5ccc(-c6noc(C7CC7)n6)cn5)CC4)CC3)n21. The minimum absolute atomic E-state index is 0.00715. The van der Waals surface area contributed by atoms with Crippen LogP contribution in [-0.4, -0.2) is 54.3 Å². The molecule has 3 amide bonds. The molecular weight excluding hydrogens is 776 g/mol. The number of halogens is 5. The monoisotopic (exact) mass is 806 g/mol. The highest BCUT2D eigenvalue weighted by Gasteiger charge is 2.57. The van der Waals surface area contributed by atoms with Crippen molar-refractivity contribution in [1.29, 1.82) is 0 Å². The Bertz CT molecular complexity index is 2390. The van der Waals surface area contributed by atoms with E-state index in [1.54, 1.807) is 13.1 Å². The van der Waals surface area contributed by atoms with E-state index in [0.29, 0.717) is 65.8 Å². The summed E-state index contributed by atoms with van der Waals surface area (Å²) in [5.74, 6) is -0.446. The Morgan fingerprint density at radius 3 is 2.29 bits per heavy atom. The first kappa shape index (κ1) is 36.2. The van der Waals surface area contributed by atoms with Crippen molar-refractivity contribution in [1.82, 2.24) is 35.3 Å². The number of fused-ring (bicyclic) bond motifs is 1. The summed E-state index contributed by atoms with van der Waals surface area (Å²) in [6.07, 6.45) is 2.19. The van der Waals surface area contributed by atoms with E-state index in [4.69, 9.17) is 27.7 Å². The minimum Gasteiger partial charge on any atom is -0.406 e. The molecule has 0 unspecified atom stereocenters. The number of anilines is 2. The van der Waals surface area contributed by atoms with Gasteiger partial charge in [-0.15, -0.1) is 13.2 Å². The van der Waals surface area contributed by atoms with E-state index in [1.165, 1.54) is 46.0 Å². The Labute approximate surface area is 326 Å². The fraction of sp³-hybridized carbons (Fsp3) is 0.342. The van der Waals surface area contributed by atoms with E-state index in [-0.39, 0.29) is 34.0 Å². The van der Waals surface area contributed by atoms with Gasteiger partial charge in [0.1, 0.15) is 22.5 Å². The van der Waals surface area contributed by atoms with Crippen molar-refractivity contribution in [2.75, 3.05) is 4.90 Å². The van der Waals surface area contributed by atoms with Gasteiger partial charge in [-0.3, -0.25) is 23.9 Å². The first-order valence-electron chi connectivity index (χ1n) is 17.8. The molecular formula is C38H31Cl2F3N8O5. The fourth-order valence-electron chi connectivity index (χ4n) is 7.22. The molecule has 1 atom stereocenters. The van der Waals surface area contributed by atoms with Gasteiger partial charge in [0, 0.05) is 34.1 Å². The van der Waals surface area contributed by atoms with Gasteiger partial charge in [-0.05, 0) is 93.5 Å². The van der Waals surface area contributed by atoms with E-state index >= 15 is 0 Å². The lowest BCUT2D eigenvalue weighted by molar-refractivity contribution is -0.274. The molecule has 3 saturated carbocycles. The molecule has 288 valence electrons. The highest BCUT2D eigenvalue weighted by Crippen LogP contribution is 2.48. The highest BCUT2D eigenvalue weighted by atomic mass is 35.5. The van der Waals surface area contributed by atoms with Gasteiger partial charge < -0.3 is 19.9 Å². The van der Waals surface area contributed by atoms with Crippen LogP contribution in [0.15, 0.2) is 71.5 Å². The predicted molar refractivity (Wildman–Crippen MR) is 194 cm³/mol. The second kappa shape index (κ2) is 12.8. The lowest BCUT2D eigenvalue weighted by Gasteiger charge is -2.27. The van der Waals surface area contributed by atoms with E-state index in [2.05, 4.69) is 35.5 Å². The number of carbonyl (C=O) groups excluding carboxylic acids is 3. The molecule has 4 aliphatic rings. The second-order valence-electron chi connectivity index (χ2n) is 14.9. The number of aromatic nitrogens is 5. The van der Waals surface area contributed by atoms with Crippen LogP contribution in [-0.2, 0) is 27.1 Å². The number of imidazole rings is 1. The largest absolute Gasteiger partial charge is 0.573 e. The van der Waals surface area contributed by atoms with Crippen molar-refractivity contribution in [2.45, 2.75) is 80.8 Å². The second-order valence-corrected chi connectivity index (χ2v) is 15.8. The molecule has 4 heterocycles. The van der Waals surface area contributed by atoms with Crippen LogP contribution in [0, 0.1) is 0 Å². The van der Waals surface area contributed by atoms with E-state index in [0.717, 1.165) is 25.0 Å². The van der Waals surface area contributed by atoms with Crippen molar-refractivity contribution in [2.24, 2.45) is 0 Å². The minimum atomic E-state index is -4.88. The van der Waals surface area contributed by atoms with Crippen molar-refractivity contribution in [3.63, 3.8) is 0 Å². The van der Waals surface area contributed by atoms with Crippen LogP contribution in [0.25, 0.3) is 11.4 Å². The van der Waals surface area contributed by atoms with Gasteiger partial charge in [0.15, 0.2) is 0 Å². The number of nitrogens with zero attached hydrogens (tertiary/aromatic N) is 6. The number of rotatable bonds is 11. The van der Waals surface area contributed by atoms with E-state index < -0.39 is 40.5 Å². The molecule has 2 aromatic carbocycles. The normalized spacial score (nSPS) is 20.4. The van der Waals surface area contributed by atoms with Crippen LogP contribution < -0.4 is 20.3 Å². The third-order valence-electron chi connectivity index (χ3n) is 10.7. The summed E-state index contributed by atoms with van der Waals surface area (Å²) in [5, 5.41) is 10.6. The Morgan fingerprint density at radius 2 is 1.68 bits per heavy atom. The summed E-state index contributed by atoms with van der Waals surface area (Å²) >= 11 is 12.6. The highest BCUT2D eigenvalue weighted by molar-refractivity contribution is 6.35. The molecule has 3 aliphatic carbocycles. The first-order valence-corrected chi connectivity index (χ1v) is 18.6. The Balaban J connectivity index is 0.966. The van der Waals surface area contributed by atoms with Crippen molar-refractivity contribution in [3.8, 4) is 17.1 Å². The Morgan fingerprint density at radius 1 is 0.964 bits per heavy atom. The van der Waals surface area contributed by atoms with Gasteiger partial charge in [0.2, 0.25) is 23.6 Å². The number of benzene rings is 2. The topological polar surface area (TPSA) is 157 Å².